The molecule has 0 radical (unpaired) electrons. The van der Waals surface area contributed by atoms with E-state index in [1.807, 2.05) is 25.2 Å². The summed E-state index contributed by atoms with van der Waals surface area (Å²) >= 11 is 0. The molecule has 19 heavy (non-hydrogen) atoms. The molecule has 1 N–H and O–H groups in total. The third-order valence-electron chi connectivity index (χ3n) is 3.34. The van der Waals surface area contributed by atoms with Crippen LogP contribution >= 0.6 is 0 Å². The highest BCUT2D eigenvalue weighted by molar-refractivity contribution is 6.04. The average molecular weight is 258 g/mol. The summed E-state index contributed by atoms with van der Waals surface area (Å²) in [5.74, 6) is 1.59. The molecule has 6 nitrogen and oxygen atoms in total. The molecule has 0 aliphatic heterocycles. The van der Waals surface area contributed by atoms with Gasteiger partial charge >= 0.3 is 0 Å². The third kappa shape index (κ3) is 2.05. The Kier molecular flexibility index (Phi) is 2.91. The first-order chi connectivity index (χ1) is 9.29. The van der Waals surface area contributed by atoms with E-state index in [0.29, 0.717) is 6.61 Å². The summed E-state index contributed by atoms with van der Waals surface area (Å²) in [4.78, 5) is 4.12. The zero-order valence-electron chi connectivity index (χ0n) is 10.6. The van der Waals surface area contributed by atoms with E-state index in [2.05, 4.69) is 15.2 Å². The highest BCUT2D eigenvalue weighted by Crippen LogP contribution is 2.31. The number of hydrogen-bond acceptors (Lipinski definition) is 5. The molecule has 0 saturated carbocycles. The van der Waals surface area contributed by atoms with E-state index in [1.54, 1.807) is 4.68 Å². The molecule has 0 amide bonds. The topological polar surface area (TPSA) is 72.5 Å². The average Bonchev–Trinajstić information content (AvgIpc) is 3.02. The lowest BCUT2D eigenvalue weighted by Gasteiger charge is -2.09. The van der Waals surface area contributed by atoms with Crippen molar-refractivity contribution in [3.63, 3.8) is 0 Å². The molecular formula is C13H14N4O2. The molecule has 0 fully saturated rings. The van der Waals surface area contributed by atoms with Crippen LogP contribution in [0.15, 0.2) is 29.7 Å². The predicted octanol–water partition coefficient (Wildman–Crippen LogP) is 1.52. The SMILES string of the molecule is Cn1ncnc1COc1cccc2c1CCC2=NO. The van der Waals surface area contributed by atoms with Gasteiger partial charge < -0.3 is 9.94 Å². The molecule has 3 rings (SSSR count). The minimum absolute atomic E-state index is 0.374. The van der Waals surface area contributed by atoms with Gasteiger partial charge in [0.2, 0.25) is 0 Å². The van der Waals surface area contributed by atoms with Gasteiger partial charge in [0.05, 0.1) is 5.71 Å². The summed E-state index contributed by atoms with van der Waals surface area (Å²) in [6.45, 7) is 0.374. The number of aryl methyl sites for hydroxylation is 1. The second kappa shape index (κ2) is 4.72. The lowest BCUT2D eigenvalue weighted by Crippen LogP contribution is -2.05. The van der Waals surface area contributed by atoms with Crippen LogP contribution in [-0.2, 0) is 20.1 Å². The van der Waals surface area contributed by atoms with Crippen LogP contribution in [0.1, 0.15) is 23.4 Å². The van der Waals surface area contributed by atoms with Crippen molar-refractivity contribution in [2.24, 2.45) is 12.2 Å². The Morgan fingerprint density at radius 2 is 2.32 bits per heavy atom. The first kappa shape index (κ1) is 11.7. The molecule has 2 aromatic rings. The largest absolute Gasteiger partial charge is 0.485 e. The van der Waals surface area contributed by atoms with Gasteiger partial charge in [-0.15, -0.1) is 0 Å². The highest BCUT2D eigenvalue weighted by atomic mass is 16.5. The van der Waals surface area contributed by atoms with Gasteiger partial charge in [-0.3, -0.25) is 4.68 Å². The predicted molar refractivity (Wildman–Crippen MR) is 68.4 cm³/mol. The minimum Gasteiger partial charge on any atom is -0.485 e. The molecule has 1 aliphatic carbocycles. The summed E-state index contributed by atoms with van der Waals surface area (Å²) in [5, 5.41) is 16.3. The van der Waals surface area contributed by atoms with Gasteiger partial charge in [-0.1, -0.05) is 17.3 Å². The van der Waals surface area contributed by atoms with E-state index in [-0.39, 0.29) is 0 Å². The molecule has 6 heteroatoms. The van der Waals surface area contributed by atoms with Gasteiger partial charge in [-0.2, -0.15) is 5.10 Å². The minimum atomic E-state index is 0.374. The number of ether oxygens (including phenoxy) is 1. The Labute approximate surface area is 110 Å². The van der Waals surface area contributed by atoms with E-state index in [9.17, 15) is 0 Å². The molecule has 1 aliphatic rings. The smallest absolute Gasteiger partial charge is 0.164 e. The van der Waals surface area contributed by atoms with Gasteiger partial charge in [0.25, 0.3) is 0 Å². The fourth-order valence-electron chi connectivity index (χ4n) is 2.30. The van der Waals surface area contributed by atoms with Crippen LogP contribution in [0.25, 0.3) is 0 Å². The van der Waals surface area contributed by atoms with E-state index < -0.39 is 0 Å². The van der Waals surface area contributed by atoms with Crippen molar-refractivity contribution in [2.75, 3.05) is 0 Å². The van der Waals surface area contributed by atoms with Gasteiger partial charge in [-0.25, -0.2) is 4.98 Å². The number of nitrogens with zero attached hydrogens (tertiary/aromatic N) is 4. The van der Waals surface area contributed by atoms with Gasteiger partial charge in [0.1, 0.15) is 18.7 Å². The quantitative estimate of drug-likeness (QED) is 0.669. The maximum Gasteiger partial charge on any atom is 0.164 e. The van der Waals surface area contributed by atoms with E-state index in [0.717, 1.165) is 41.3 Å². The fourth-order valence-corrected chi connectivity index (χ4v) is 2.30. The third-order valence-corrected chi connectivity index (χ3v) is 3.34. The maximum atomic E-state index is 8.95. The van der Waals surface area contributed by atoms with Gasteiger partial charge in [0.15, 0.2) is 5.82 Å². The zero-order valence-corrected chi connectivity index (χ0v) is 10.6. The Morgan fingerprint density at radius 1 is 1.42 bits per heavy atom. The maximum absolute atomic E-state index is 8.95. The van der Waals surface area contributed by atoms with Crippen LogP contribution < -0.4 is 4.74 Å². The van der Waals surface area contributed by atoms with Crippen LogP contribution in [0, 0.1) is 0 Å². The highest BCUT2D eigenvalue weighted by Gasteiger charge is 2.21. The summed E-state index contributed by atoms with van der Waals surface area (Å²) < 4.78 is 7.49. The fraction of sp³-hybridized carbons (Fsp3) is 0.308. The number of oxime groups is 1. The molecule has 98 valence electrons. The Morgan fingerprint density at radius 3 is 3.05 bits per heavy atom. The van der Waals surface area contributed by atoms with Crippen molar-refractivity contribution < 1.29 is 9.94 Å². The van der Waals surface area contributed by atoms with Crippen molar-refractivity contribution in [3.05, 3.63) is 41.5 Å². The van der Waals surface area contributed by atoms with Crippen LogP contribution in [0.2, 0.25) is 0 Å². The van der Waals surface area contributed by atoms with E-state index >= 15 is 0 Å². The first-order valence-corrected chi connectivity index (χ1v) is 6.08. The number of hydrogen-bond donors (Lipinski definition) is 1. The van der Waals surface area contributed by atoms with Crippen molar-refractivity contribution in [1.29, 1.82) is 0 Å². The molecule has 0 saturated heterocycles. The molecule has 1 aromatic heterocycles. The normalized spacial score (nSPS) is 15.7. The Balaban J connectivity index is 1.83. The van der Waals surface area contributed by atoms with Crippen molar-refractivity contribution >= 4 is 5.71 Å². The Hall–Kier alpha value is -2.37. The van der Waals surface area contributed by atoms with E-state index in [4.69, 9.17) is 9.94 Å². The van der Waals surface area contributed by atoms with Crippen LogP contribution in [0.3, 0.4) is 0 Å². The number of rotatable bonds is 3. The second-order valence-electron chi connectivity index (χ2n) is 4.42. The molecular weight excluding hydrogens is 244 g/mol. The van der Waals surface area contributed by atoms with Crippen molar-refractivity contribution in [1.82, 2.24) is 14.8 Å². The number of benzene rings is 1. The van der Waals surface area contributed by atoms with E-state index in [1.165, 1.54) is 6.33 Å². The van der Waals surface area contributed by atoms with Crippen molar-refractivity contribution in [2.45, 2.75) is 19.4 Å². The Bertz CT molecular complexity index is 633. The molecule has 1 aromatic carbocycles. The number of fused-ring (bicyclic) bond motifs is 1. The van der Waals surface area contributed by atoms with Crippen LogP contribution in [0.4, 0.5) is 0 Å². The van der Waals surface area contributed by atoms with Gasteiger partial charge in [-0.05, 0) is 18.9 Å². The van der Waals surface area contributed by atoms with Gasteiger partial charge in [0, 0.05) is 18.2 Å². The molecule has 0 unspecified atom stereocenters. The summed E-state index contributed by atoms with van der Waals surface area (Å²) in [6.07, 6.45) is 3.09. The van der Waals surface area contributed by atoms with Crippen LogP contribution in [-0.4, -0.2) is 25.7 Å². The molecule has 0 bridgehead atoms. The summed E-state index contributed by atoms with van der Waals surface area (Å²) in [6, 6.07) is 5.78. The molecule has 0 atom stereocenters. The monoisotopic (exact) mass is 258 g/mol. The zero-order chi connectivity index (χ0) is 13.2. The lowest BCUT2D eigenvalue weighted by atomic mass is 10.1. The lowest BCUT2D eigenvalue weighted by molar-refractivity contribution is 0.287. The summed E-state index contributed by atoms with van der Waals surface area (Å²) in [7, 11) is 1.83. The first-order valence-electron chi connectivity index (χ1n) is 6.08. The van der Waals surface area contributed by atoms with Crippen molar-refractivity contribution in [3.8, 4) is 5.75 Å². The van der Waals surface area contributed by atoms with Crippen LogP contribution in [0.5, 0.6) is 5.75 Å². The number of aromatic nitrogens is 3. The summed E-state index contributed by atoms with van der Waals surface area (Å²) in [5.41, 5.74) is 2.79. The standard InChI is InChI=1S/C13H14N4O2/c1-17-13(14-8-15-17)7-19-12-4-2-3-9-10(12)5-6-11(9)16-18/h2-4,8,18H,5-7H2,1H3. The second-order valence-corrected chi connectivity index (χ2v) is 4.42. The molecule has 1 heterocycles. The molecule has 0 spiro atoms.